The van der Waals surface area contributed by atoms with Gasteiger partial charge in [-0.2, -0.15) is 0 Å². The summed E-state index contributed by atoms with van der Waals surface area (Å²) in [5, 5.41) is 3.98. The zero-order chi connectivity index (χ0) is 14.1. The van der Waals surface area contributed by atoms with Crippen LogP contribution in [0.25, 0.3) is 10.9 Å². The number of nitrogens with two attached hydrogens (primary N) is 1. The minimum atomic E-state index is -0.254. The largest absolute Gasteiger partial charge is 0.399 e. The second-order valence-electron chi connectivity index (χ2n) is 4.32. The van der Waals surface area contributed by atoms with E-state index in [4.69, 9.17) is 17.3 Å². The van der Waals surface area contributed by atoms with E-state index in [-0.39, 0.29) is 5.91 Å². The number of nitrogens with zero attached hydrogens (tertiary/aromatic N) is 1. The van der Waals surface area contributed by atoms with Crippen LogP contribution < -0.4 is 11.1 Å². The molecule has 5 nitrogen and oxygen atoms in total. The van der Waals surface area contributed by atoms with Crippen LogP contribution in [0.1, 0.15) is 10.4 Å². The van der Waals surface area contributed by atoms with Gasteiger partial charge in [0.15, 0.2) is 0 Å². The van der Waals surface area contributed by atoms with E-state index in [0.717, 1.165) is 10.9 Å². The number of nitrogen functional groups attached to an aromatic ring is 1. The van der Waals surface area contributed by atoms with Crippen molar-refractivity contribution in [1.82, 2.24) is 9.97 Å². The van der Waals surface area contributed by atoms with Crippen molar-refractivity contribution >= 4 is 39.8 Å². The van der Waals surface area contributed by atoms with E-state index in [9.17, 15) is 4.79 Å². The summed E-state index contributed by atoms with van der Waals surface area (Å²) in [6, 6.07) is 6.96. The molecule has 0 atom stereocenters. The number of aromatic nitrogens is 2. The third kappa shape index (κ3) is 2.19. The summed E-state index contributed by atoms with van der Waals surface area (Å²) in [5.41, 5.74) is 8.16. The molecule has 0 aliphatic rings. The van der Waals surface area contributed by atoms with Crippen molar-refractivity contribution < 1.29 is 4.79 Å². The van der Waals surface area contributed by atoms with Gasteiger partial charge in [0.05, 0.1) is 22.5 Å². The Morgan fingerprint density at radius 3 is 3.00 bits per heavy atom. The molecule has 0 aliphatic carbocycles. The summed E-state index contributed by atoms with van der Waals surface area (Å²) < 4.78 is 0. The van der Waals surface area contributed by atoms with Crippen molar-refractivity contribution in [2.45, 2.75) is 0 Å². The van der Waals surface area contributed by atoms with Crippen LogP contribution in [0, 0.1) is 0 Å². The summed E-state index contributed by atoms with van der Waals surface area (Å²) in [6.07, 6.45) is 4.71. The van der Waals surface area contributed by atoms with Gasteiger partial charge >= 0.3 is 0 Å². The monoisotopic (exact) mass is 286 g/mol. The normalized spacial score (nSPS) is 10.7. The fraction of sp³-hybridized carbons (Fsp3) is 0. The Balaban J connectivity index is 1.95. The number of fused-ring (bicyclic) bond motifs is 1. The number of nitrogens with one attached hydrogen (secondary N) is 2. The van der Waals surface area contributed by atoms with E-state index in [2.05, 4.69) is 15.3 Å². The first kappa shape index (κ1) is 12.5. The van der Waals surface area contributed by atoms with Gasteiger partial charge in [-0.25, -0.2) is 0 Å². The first-order chi connectivity index (χ1) is 9.65. The van der Waals surface area contributed by atoms with Crippen molar-refractivity contribution in [3.8, 4) is 0 Å². The van der Waals surface area contributed by atoms with Gasteiger partial charge in [0.25, 0.3) is 5.91 Å². The SMILES string of the molecule is Nc1ccc2c(C(=O)Nc3cnccc3Cl)c[nH]c2c1. The smallest absolute Gasteiger partial charge is 0.257 e. The van der Waals surface area contributed by atoms with Crippen LogP contribution >= 0.6 is 11.6 Å². The fourth-order valence-electron chi connectivity index (χ4n) is 1.99. The van der Waals surface area contributed by atoms with Crippen LogP contribution in [0.3, 0.4) is 0 Å². The number of pyridine rings is 1. The predicted octanol–water partition coefficient (Wildman–Crippen LogP) is 3.05. The van der Waals surface area contributed by atoms with Gasteiger partial charge in [-0.3, -0.25) is 9.78 Å². The van der Waals surface area contributed by atoms with Crippen LogP contribution in [-0.2, 0) is 0 Å². The molecule has 2 aromatic heterocycles. The number of anilines is 2. The van der Waals surface area contributed by atoms with Crippen LogP contribution in [0.15, 0.2) is 42.9 Å². The summed E-state index contributed by atoms with van der Waals surface area (Å²) in [5.74, 6) is -0.254. The topological polar surface area (TPSA) is 83.8 Å². The molecule has 3 rings (SSSR count). The number of halogens is 1. The van der Waals surface area contributed by atoms with Gasteiger partial charge in [-0.15, -0.1) is 0 Å². The highest BCUT2D eigenvalue weighted by molar-refractivity contribution is 6.34. The van der Waals surface area contributed by atoms with Crippen LogP contribution in [0.2, 0.25) is 5.02 Å². The molecule has 0 bridgehead atoms. The number of aromatic amines is 1. The second-order valence-corrected chi connectivity index (χ2v) is 4.72. The maximum atomic E-state index is 12.3. The molecule has 0 radical (unpaired) electrons. The lowest BCUT2D eigenvalue weighted by atomic mass is 10.1. The first-order valence-electron chi connectivity index (χ1n) is 5.92. The zero-order valence-electron chi connectivity index (χ0n) is 10.4. The van der Waals surface area contributed by atoms with Crippen LogP contribution in [-0.4, -0.2) is 15.9 Å². The molecule has 0 spiro atoms. The molecule has 20 heavy (non-hydrogen) atoms. The number of H-pyrrole nitrogens is 1. The number of rotatable bonds is 2. The van der Waals surface area contributed by atoms with Crippen molar-refractivity contribution in [2.75, 3.05) is 11.1 Å². The minimum Gasteiger partial charge on any atom is -0.399 e. The molecule has 0 saturated carbocycles. The Kier molecular flexibility index (Phi) is 3.04. The van der Waals surface area contributed by atoms with E-state index in [1.807, 2.05) is 0 Å². The van der Waals surface area contributed by atoms with E-state index < -0.39 is 0 Å². The van der Waals surface area contributed by atoms with Crippen molar-refractivity contribution in [2.24, 2.45) is 0 Å². The van der Waals surface area contributed by atoms with E-state index in [1.54, 1.807) is 36.7 Å². The number of hydrogen-bond acceptors (Lipinski definition) is 3. The molecular formula is C14H11ClN4O. The van der Waals surface area contributed by atoms with Gasteiger partial charge in [0.1, 0.15) is 0 Å². The van der Waals surface area contributed by atoms with E-state index in [0.29, 0.717) is 22.0 Å². The zero-order valence-corrected chi connectivity index (χ0v) is 11.1. The molecular weight excluding hydrogens is 276 g/mol. The lowest BCUT2D eigenvalue weighted by Gasteiger charge is -2.05. The Morgan fingerprint density at radius 2 is 2.20 bits per heavy atom. The number of hydrogen-bond donors (Lipinski definition) is 3. The maximum Gasteiger partial charge on any atom is 0.257 e. The standard InChI is InChI=1S/C14H11ClN4O/c15-11-3-4-17-7-13(11)19-14(20)10-6-18-12-5-8(16)1-2-9(10)12/h1-7,18H,16H2,(H,19,20). The summed E-state index contributed by atoms with van der Waals surface area (Å²) in [6.45, 7) is 0. The predicted molar refractivity (Wildman–Crippen MR) is 79.9 cm³/mol. The van der Waals surface area contributed by atoms with Crippen molar-refractivity contribution in [3.63, 3.8) is 0 Å². The lowest BCUT2D eigenvalue weighted by Crippen LogP contribution is -2.11. The Labute approximate surface area is 119 Å². The molecule has 1 amide bonds. The number of carbonyl (C=O) groups is 1. The van der Waals surface area contributed by atoms with Gasteiger partial charge in [-0.05, 0) is 24.3 Å². The first-order valence-corrected chi connectivity index (χ1v) is 6.30. The molecule has 0 aliphatic heterocycles. The van der Waals surface area contributed by atoms with Gasteiger partial charge in [-0.1, -0.05) is 11.6 Å². The van der Waals surface area contributed by atoms with Crippen LogP contribution in [0.4, 0.5) is 11.4 Å². The van der Waals surface area contributed by atoms with Gasteiger partial charge < -0.3 is 16.0 Å². The molecule has 2 heterocycles. The average molecular weight is 287 g/mol. The van der Waals surface area contributed by atoms with Gasteiger partial charge in [0, 0.05) is 29.0 Å². The Bertz CT molecular complexity index is 797. The highest BCUT2D eigenvalue weighted by atomic mass is 35.5. The maximum absolute atomic E-state index is 12.3. The van der Waals surface area contributed by atoms with Crippen LogP contribution in [0.5, 0.6) is 0 Å². The van der Waals surface area contributed by atoms with E-state index in [1.165, 1.54) is 6.20 Å². The second kappa shape index (κ2) is 4.86. The third-order valence-corrected chi connectivity index (χ3v) is 3.30. The Morgan fingerprint density at radius 1 is 1.35 bits per heavy atom. The van der Waals surface area contributed by atoms with Crippen molar-refractivity contribution in [1.29, 1.82) is 0 Å². The number of benzene rings is 1. The highest BCUT2D eigenvalue weighted by Gasteiger charge is 2.13. The summed E-state index contributed by atoms with van der Waals surface area (Å²) >= 11 is 5.99. The molecule has 100 valence electrons. The molecule has 0 fully saturated rings. The molecule has 6 heteroatoms. The van der Waals surface area contributed by atoms with E-state index >= 15 is 0 Å². The molecule has 0 unspecified atom stereocenters. The fourth-order valence-corrected chi connectivity index (χ4v) is 2.14. The molecule has 4 N–H and O–H groups in total. The summed E-state index contributed by atoms with van der Waals surface area (Å²) in [7, 11) is 0. The van der Waals surface area contributed by atoms with Crippen molar-refractivity contribution in [3.05, 3.63) is 53.4 Å². The Hall–Kier alpha value is -2.53. The minimum absolute atomic E-state index is 0.254. The quantitative estimate of drug-likeness (QED) is 0.633. The lowest BCUT2D eigenvalue weighted by molar-refractivity contribution is 0.102. The van der Waals surface area contributed by atoms with Gasteiger partial charge in [0.2, 0.25) is 0 Å². The number of amides is 1. The summed E-state index contributed by atoms with van der Waals surface area (Å²) in [4.78, 5) is 19.2. The molecule has 3 aromatic rings. The molecule has 1 aromatic carbocycles. The average Bonchev–Trinajstić information content (AvgIpc) is 2.84. The third-order valence-electron chi connectivity index (χ3n) is 2.97. The number of carbonyl (C=O) groups excluding carboxylic acids is 1. The highest BCUT2D eigenvalue weighted by Crippen LogP contribution is 2.24. The molecule has 0 saturated heterocycles.